The summed E-state index contributed by atoms with van der Waals surface area (Å²) in [5, 5.41) is 2.56. The summed E-state index contributed by atoms with van der Waals surface area (Å²) >= 11 is 0. The van der Waals surface area contributed by atoms with Gasteiger partial charge < -0.3 is 16.0 Å². The summed E-state index contributed by atoms with van der Waals surface area (Å²) in [4.78, 5) is 14.8. The zero-order chi connectivity index (χ0) is 20.3. The van der Waals surface area contributed by atoms with Crippen LogP contribution in [0.4, 0.5) is 11.4 Å². The van der Waals surface area contributed by atoms with Gasteiger partial charge in [0.1, 0.15) is 0 Å². The Kier molecular flexibility index (Phi) is 6.62. The number of sulfonamides is 1. The van der Waals surface area contributed by atoms with Gasteiger partial charge in [0.25, 0.3) is 0 Å². The second-order valence-electron chi connectivity index (χ2n) is 8.29. The van der Waals surface area contributed by atoms with Crippen LogP contribution < -0.4 is 20.7 Å². The molecule has 3 rings (SSSR count). The molecule has 1 atom stereocenters. The van der Waals surface area contributed by atoms with E-state index in [2.05, 4.69) is 14.9 Å². The molecule has 0 radical (unpaired) electrons. The van der Waals surface area contributed by atoms with Gasteiger partial charge in [-0.25, -0.2) is 13.1 Å². The highest BCUT2D eigenvalue weighted by molar-refractivity contribution is 7.90. The van der Waals surface area contributed by atoms with Crippen LogP contribution in [-0.2, 0) is 14.8 Å². The van der Waals surface area contributed by atoms with E-state index in [9.17, 15) is 13.2 Å². The van der Waals surface area contributed by atoms with Crippen molar-refractivity contribution in [3.63, 3.8) is 0 Å². The Balaban J connectivity index is 1.48. The van der Waals surface area contributed by atoms with E-state index in [0.29, 0.717) is 25.7 Å². The highest BCUT2D eigenvalue weighted by Crippen LogP contribution is 2.27. The van der Waals surface area contributed by atoms with Crippen molar-refractivity contribution in [1.29, 1.82) is 0 Å². The largest absolute Gasteiger partial charge is 0.370 e. The molecule has 8 heteroatoms. The number of nitrogens with zero attached hydrogens (tertiary/aromatic N) is 1. The van der Waals surface area contributed by atoms with Crippen LogP contribution in [0.2, 0.25) is 0 Å². The summed E-state index contributed by atoms with van der Waals surface area (Å²) in [6.07, 6.45) is 3.78. The third-order valence-electron chi connectivity index (χ3n) is 5.77. The molecule has 1 saturated carbocycles. The number of carbonyl (C=O) groups excluding carboxylic acids is 1. The molecule has 1 amide bonds. The second-order valence-corrected chi connectivity index (χ2v) is 10.6. The van der Waals surface area contributed by atoms with Crippen molar-refractivity contribution < 1.29 is 13.2 Å². The first-order valence-electron chi connectivity index (χ1n) is 10.2. The van der Waals surface area contributed by atoms with Crippen molar-refractivity contribution in [2.24, 2.45) is 11.7 Å². The molecular formula is C20H32N4O3S. The molecule has 28 heavy (non-hydrogen) atoms. The highest BCUT2D eigenvalue weighted by Gasteiger charge is 2.29. The van der Waals surface area contributed by atoms with Gasteiger partial charge in [-0.1, -0.05) is 0 Å². The van der Waals surface area contributed by atoms with Gasteiger partial charge in [0.05, 0.1) is 5.25 Å². The Morgan fingerprint density at radius 1 is 1.11 bits per heavy atom. The molecule has 1 aliphatic heterocycles. The summed E-state index contributed by atoms with van der Waals surface area (Å²) in [5.74, 6) is -0.0582. The molecule has 2 fully saturated rings. The van der Waals surface area contributed by atoms with Gasteiger partial charge in [-0.2, -0.15) is 0 Å². The predicted molar refractivity (Wildman–Crippen MR) is 113 cm³/mol. The minimum Gasteiger partial charge on any atom is -0.370 e. The van der Waals surface area contributed by atoms with Crippen LogP contribution in [0.1, 0.15) is 46.0 Å². The fourth-order valence-corrected chi connectivity index (χ4v) is 4.84. The number of hydrogen-bond donors (Lipinski definition) is 3. The van der Waals surface area contributed by atoms with Crippen molar-refractivity contribution in [3.8, 4) is 0 Å². The van der Waals surface area contributed by atoms with Crippen LogP contribution in [0.3, 0.4) is 0 Å². The Bertz CT molecular complexity index is 771. The molecule has 1 heterocycles. The number of rotatable bonds is 6. The maximum Gasteiger partial charge on any atom is 0.227 e. The maximum absolute atomic E-state index is 12.6. The number of benzene rings is 1. The van der Waals surface area contributed by atoms with Crippen LogP contribution in [0.5, 0.6) is 0 Å². The summed E-state index contributed by atoms with van der Waals surface area (Å²) in [6, 6.07) is 8.07. The average molecular weight is 409 g/mol. The van der Waals surface area contributed by atoms with E-state index in [1.54, 1.807) is 13.8 Å². The van der Waals surface area contributed by atoms with E-state index in [0.717, 1.165) is 30.9 Å². The monoisotopic (exact) mass is 408 g/mol. The zero-order valence-electron chi connectivity index (χ0n) is 16.7. The van der Waals surface area contributed by atoms with E-state index in [1.165, 1.54) is 0 Å². The summed E-state index contributed by atoms with van der Waals surface area (Å²) in [7, 11) is -3.26. The summed E-state index contributed by atoms with van der Waals surface area (Å²) in [5.41, 5.74) is 7.88. The van der Waals surface area contributed by atoms with Crippen LogP contribution >= 0.6 is 0 Å². The third-order valence-corrected chi connectivity index (χ3v) is 7.68. The van der Waals surface area contributed by atoms with Gasteiger partial charge in [0.15, 0.2) is 0 Å². The van der Waals surface area contributed by atoms with Crippen molar-refractivity contribution in [1.82, 2.24) is 4.72 Å². The van der Waals surface area contributed by atoms with E-state index >= 15 is 0 Å². The van der Waals surface area contributed by atoms with Gasteiger partial charge in [0.2, 0.25) is 15.9 Å². The predicted octanol–water partition coefficient (Wildman–Crippen LogP) is 2.05. The van der Waals surface area contributed by atoms with Crippen molar-refractivity contribution in [2.45, 2.75) is 63.3 Å². The number of carbonyl (C=O) groups is 1. The normalized spacial score (nSPS) is 25.9. The summed E-state index contributed by atoms with van der Waals surface area (Å²) < 4.78 is 26.8. The maximum atomic E-state index is 12.6. The molecule has 7 nitrogen and oxygen atoms in total. The molecule has 1 saturated heterocycles. The Labute approximate surface area is 168 Å². The molecule has 4 N–H and O–H groups in total. The zero-order valence-corrected chi connectivity index (χ0v) is 17.5. The van der Waals surface area contributed by atoms with Crippen LogP contribution in [-0.4, -0.2) is 44.7 Å². The average Bonchev–Trinajstić information content (AvgIpc) is 3.09. The quantitative estimate of drug-likeness (QED) is 0.668. The Morgan fingerprint density at radius 2 is 1.75 bits per heavy atom. The first-order valence-corrected chi connectivity index (χ1v) is 11.7. The topological polar surface area (TPSA) is 105 Å². The number of hydrogen-bond acceptors (Lipinski definition) is 5. The lowest BCUT2D eigenvalue weighted by atomic mass is 9.86. The highest BCUT2D eigenvalue weighted by atomic mass is 32.2. The number of amides is 1. The Morgan fingerprint density at radius 3 is 2.29 bits per heavy atom. The van der Waals surface area contributed by atoms with Crippen molar-refractivity contribution >= 4 is 27.3 Å². The van der Waals surface area contributed by atoms with E-state index < -0.39 is 15.3 Å². The first kappa shape index (κ1) is 21.1. The third kappa shape index (κ3) is 5.24. The van der Waals surface area contributed by atoms with Crippen LogP contribution in [0, 0.1) is 5.92 Å². The molecular weight excluding hydrogens is 376 g/mol. The molecule has 1 aromatic carbocycles. The number of nitrogens with one attached hydrogen (secondary N) is 2. The molecule has 0 spiro atoms. The van der Waals surface area contributed by atoms with E-state index in [4.69, 9.17) is 5.73 Å². The smallest absolute Gasteiger partial charge is 0.227 e. The van der Waals surface area contributed by atoms with Gasteiger partial charge in [0, 0.05) is 42.5 Å². The fraction of sp³-hybridized carbons (Fsp3) is 0.650. The van der Waals surface area contributed by atoms with Gasteiger partial charge >= 0.3 is 0 Å². The molecule has 0 aromatic heterocycles. The van der Waals surface area contributed by atoms with Crippen LogP contribution in [0.25, 0.3) is 0 Å². The van der Waals surface area contributed by atoms with Gasteiger partial charge in [-0.3, -0.25) is 4.79 Å². The van der Waals surface area contributed by atoms with Crippen molar-refractivity contribution in [2.75, 3.05) is 23.3 Å². The van der Waals surface area contributed by atoms with E-state index in [-0.39, 0.29) is 23.9 Å². The van der Waals surface area contributed by atoms with Crippen LogP contribution in [0.15, 0.2) is 24.3 Å². The van der Waals surface area contributed by atoms with Gasteiger partial charge in [-0.05, 0) is 70.2 Å². The lowest BCUT2D eigenvalue weighted by Gasteiger charge is -2.28. The fourth-order valence-electron chi connectivity index (χ4n) is 3.86. The summed E-state index contributed by atoms with van der Waals surface area (Å²) in [6.45, 7) is 5.18. The van der Waals surface area contributed by atoms with Crippen molar-refractivity contribution in [3.05, 3.63) is 24.3 Å². The lowest BCUT2D eigenvalue weighted by Crippen LogP contribution is -2.42. The Hall–Kier alpha value is -1.64. The standard InChI is InChI=1S/C20H32N4O3S/c1-14(2)28(26,27)23-18-5-3-15(4-6-18)20(25)22-17-7-9-19(10-8-17)24-12-11-16(21)13-24/h7-10,14-16,18,23H,3-6,11-13,21H2,1-2H3,(H,22,25). The molecule has 1 aromatic rings. The molecule has 2 aliphatic rings. The molecule has 1 unspecified atom stereocenters. The lowest BCUT2D eigenvalue weighted by molar-refractivity contribution is -0.120. The minimum absolute atomic E-state index is 0.0149. The molecule has 1 aliphatic carbocycles. The van der Waals surface area contributed by atoms with E-state index in [1.807, 2.05) is 24.3 Å². The second kappa shape index (κ2) is 8.80. The molecule has 156 valence electrons. The first-order chi connectivity index (χ1) is 13.2. The number of nitrogens with two attached hydrogens (primary N) is 1. The molecule has 0 bridgehead atoms. The SMILES string of the molecule is CC(C)S(=O)(=O)NC1CCC(C(=O)Nc2ccc(N3CCC(N)C3)cc2)CC1. The van der Waals surface area contributed by atoms with Gasteiger partial charge in [-0.15, -0.1) is 0 Å². The number of anilines is 2. The minimum atomic E-state index is -3.26.